The van der Waals surface area contributed by atoms with Crippen LogP contribution in [0.2, 0.25) is 0 Å². The summed E-state index contributed by atoms with van der Waals surface area (Å²) in [7, 11) is 0. The Labute approximate surface area is 161 Å². The largest absolute Gasteiger partial charge is 0.0616 e. The van der Waals surface area contributed by atoms with Crippen molar-refractivity contribution < 1.29 is 0 Å². The molecule has 0 nitrogen and oxygen atoms in total. The average Bonchev–Trinajstić information content (AvgIpc) is 2.77. The maximum Gasteiger partial charge on any atom is 0.0107 e. The minimum absolute atomic E-state index is 0.155. The molecule has 0 heterocycles. The van der Waals surface area contributed by atoms with Gasteiger partial charge in [-0.2, -0.15) is 0 Å². The highest BCUT2D eigenvalue weighted by atomic mass is 14.4. The molecule has 26 heavy (non-hydrogen) atoms. The van der Waals surface area contributed by atoms with Crippen LogP contribution in [0.3, 0.4) is 0 Å². The Morgan fingerprint density at radius 3 is 1.92 bits per heavy atom. The van der Waals surface area contributed by atoms with Gasteiger partial charge in [0.2, 0.25) is 0 Å². The molecule has 0 saturated heterocycles. The maximum atomic E-state index is 2.50. The summed E-state index contributed by atoms with van der Waals surface area (Å²) in [5, 5.41) is 0. The first-order valence-corrected chi connectivity index (χ1v) is 10.1. The van der Waals surface area contributed by atoms with E-state index in [1.165, 1.54) is 34.2 Å². The first kappa shape index (κ1) is 19.2. The van der Waals surface area contributed by atoms with E-state index in [2.05, 4.69) is 98.7 Å². The molecule has 0 fully saturated rings. The van der Waals surface area contributed by atoms with Crippen molar-refractivity contribution in [3.8, 4) is 11.1 Å². The molecule has 0 heteroatoms. The van der Waals surface area contributed by atoms with Crippen LogP contribution in [0.5, 0.6) is 0 Å². The summed E-state index contributed by atoms with van der Waals surface area (Å²) in [6.07, 6.45) is 1.19. The highest BCUT2D eigenvalue weighted by Gasteiger charge is 2.35. The van der Waals surface area contributed by atoms with Crippen molar-refractivity contribution in [3.05, 3.63) is 58.7 Å². The lowest BCUT2D eigenvalue weighted by Gasteiger charge is -2.26. The zero-order valence-electron chi connectivity index (χ0n) is 18.2. The topological polar surface area (TPSA) is 0 Å². The quantitative estimate of drug-likeness (QED) is 0.492. The maximum absolute atomic E-state index is 2.50. The van der Waals surface area contributed by atoms with Gasteiger partial charge in [-0.3, -0.25) is 0 Å². The van der Waals surface area contributed by atoms with E-state index in [-0.39, 0.29) is 10.8 Å². The van der Waals surface area contributed by atoms with Gasteiger partial charge in [-0.15, -0.1) is 0 Å². The fourth-order valence-corrected chi connectivity index (χ4v) is 4.33. The van der Waals surface area contributed by atoms with Crippen molar-refractivity contribution >= 4 is 0 Å². The van der Waals surface area contributed by atoms with E-state index >= 15 is 0 Å². The lowest BCUT2D eigenvalue weighted by molar-refractivity contribution is 0.359. The van der Waals surface area contributed by atoms with Crippen LogP contribution in [0, 0.1) is 5.41 Å². The van der Waals surface area contributed by atoms with Crippen LogP contribution in [0.25, 0.3) is 11.1 Å². The third-order valence-electron chi connectivity index (χ3n) is 5.66. The van der Waals surface area contributed by atoms with Crippen molar-refractivity contribution in [1.82, 2.24) is 0 Å². The number of benzene rings is 2. The monoisotopic (exact) mass is 348 g/mol. The van der Waals surface area contributed by atoms with Crippen LogP contribution in [-0.4, -0.2) is 0 Å². The molecule has 1 aliphatic carbocycles. The van der Waals surface area contributed by atoms with Crippen LogP contribution >= 0.6 is 0 Å². The summed E-state index contributed by atoms with van der Waals surface area (Å²) >= 11 is 0. The lowest BCUT2D eigenvalue weighted by Crippen LogP contribution is -2.14. The lowest BCUT2D eigenvalue weighted by atomic mass is 9.78. The van der Waals surface area contributed by atoms with Crippen LogP contribution in [0.15, 0.2) is 36.4 Å². The third-order valence-corrected chi connectivity index (χ3v) is 5.66. The second kappa shape index (κ2) is 5.98. The van der Waals surface area contributed by atoms with E-state index in [1.54, 1.807) is 5.56 Å². The molecular weight excluding hydrogens is 312 g/mol. The normalized spacial score (nSPS) is 17.2. The first-order valence-electron chi connectivity index (χ1n) is 10.1. The predicted molar refractivity (Wildman–Crippen MR) is 115 cm³/mol. The summed E-state index contributed by atoms with van der Waals surface area (Å²) in [5.74, 6) is 0.504. The molecule has 3 rings (SSSR count). The Balaban J connectivity index is 2.28. The van der Waals surface area contributed by atoms with Gasteiger partial charge in [0, 0.05) is 5.92 Å². The van der Waals surface area contributed by atoms with Gasteiger partial charge >= 0.3 is 0 Å². The number of fused-ring (bicyclic) bond motifs is 3. The summed E-state index contributed by atoms with van der Waals surface area (Å²) < 4.78 is 0. The van der Waals surface area contributed by atoms with Gasteiger partial charge in [0.1, 0.15) is 0 Å². The zero-order chi connectivity index (χ0) is 19.5. The summed E-state index contributed by atoms with van der Waals surface area (Å²) in [6, 6.07) is 14.2. The standard InChI is InChI=1S/C26H36/c1-24(2,3)16-21-18-11-10-12-22(26(7,8)9)23(18)19-14-13-17(15-20(19)21)25(4,5)6/h10-15,21H,16H2,1-9H3. The van der Waals surface area contributed by atoms with Gasteiger partial charge in [0.15, 0.2) is 0 Å². The molecule has 0 bridgehead atoms. The van der Waals surface area contributed by atoms with Crippen molar-refractivity contribution in [1.29, 1.82) is 0 Å². The molecule has 2 aromatic carbocycles. The molecule has 1 atom stereocenters. The van der Waals surface area contributed by atoms with E-state index < -0.39 is 0 Å². The van der Waals surface area contributed by atoms with E-state index in [4.69, 9.17) is 0 Å². The van der Waals surface area contributed by atoms with Gasteiger partial charge in [-0.05, 0) is 56.0 Å². The van der Waals surface area contributed by atoms with E-state index in [0.29, 0.717) is 11.3 Å². The minimum Gasteiger partial charge on any atom is -0.0616 e. The van der Waals surface area contributed by atoms with E-state index in [9.17, 15) is 0 Å². The SMILES string of the molecule is CC(C)(C)CC1c2cc(C(C)(C)C)ccc2-c2c1cccc2C(C)(C)C. The Hall–Kier alpha value is -1.56. The van der Waals surface area contributed by atoms with Crippen molar-refractivity contribution in [2.45, 2.75) is 85.5 Å². The van der Waals surface area contributed by atoms with Crippen LogP contribution in [0.4, 0.5) is 0 Å². The fourth-order valence-electron chi connectivity index (χ4n) is 4.33. The molecule has 0 amide bonds. The van der Waals surface area contributed by atoms with Gasteiger partial charge < -0.3 is 0 Å². The fraction of sp³-hybridized carbons (Fsp3) is 0.538. The predicted octanol–water partition coefficient (Wildman–Crippen LogP) is 7.83. The molecule has 0 aromatic heterocycles. The molecule has 2 aromatic rings. The molecule has 0 saturated carbocycles. The van der Waals surface area contributed by atoms with Gasteiger partial charge in [0.25, 0.3) is 0 Å². The Morgan fingerprint density at radius 2 is 1.38 bits per heavy atom. The Morgan fingerprint density at radius 1 is 0.731 bits per heavy atom. The average molecular weight is 349 g/mol. The molecular formula is C26H36. The highest BCUT2D eigenvalue weighted by Crippen LogP contribution is 2.52. The molecule has 1 aliphatic rings. The van der Waals surface area contributed by atoms with Gasteiger partial charge in [-0.25, -0.2) is 0 Å². The molecule has 0 spiro atoms. The van der Waals surface area contributed by atoms with Gasteiger partial charge in [-0.1, -0.05) is 98.7 Å². The first-order chi connectivity index (χ1) is 11.8. The second-order valence-electron chi connectivity index (χ2n) is 11.4. The van der Waals surface area contributed by atoms with E-state index in [0.717, 1.165) is 0 Å². The Bertz CT molecular complexity index is 817. The Kier molecular flexibility index (Phi) is 4.42. The van der Waals surface area contributed by atoms with Crippen molar-refractivity contribution in [2.75, 3.05) is 0 Å². The molecule has 1 unspecified atom stereocenters. The highest BCUT2D eigenvalue weighted by molar-refractivity contribution is 5.82. The third kappa shape index (κ3) is 3.48. The summed E-state index contributed by atoms with van der Waals surface area (Å²) in [6.45, 7) is 21.1. The van der Waals surface area contributed by atoms with Gasteiger partial charge in [0.05, 0.1) is 0 Å². The smallest absolute Gasteiger partial charge is 0.0107 e. The molecule has 0 radical (unpaired) electrons. The molecule has 0 aliphatic heterocycles. The minimum atomic E-state index is 0.155. The summed E-state index contributed by atoms with van der Waals surface area (Å²) in [5.41, 5.74) is 9.62. The zero-order valence-corrected chi connectivity index (χ0v) is 18.2. The second-order valence-corrected chi connectivity index (χ2v) is 11.4. The van der Waals surface area contributed by atoms with Crippen LogP contribution < -0.4 is 0 Å². The van der Waals surface area contributed by atoms with Crippen LogP contribution in [0.1, 0.15) is 96.9 Å². The molecule has 140 valence electrons. The number of hydrogen-bond acceptors (Lipinski definition) is 0. The molecule has 0 N–H and O–H groups in total. The number of hydrogen-bond donors (Lipinski definition) is 0. The van der Waals surface area contributed by atoms with Crippen molar-refractivity contribution in [3.63, 3.8) is 0 Å². The number of rotatable bonds is 1. The van der Waals surface area contributed by atoms with E-state index in [1.807, 2.05) is 0 Å². The van der Waals surface area contributed by atoms with Crippen LogP contribution in [-0.2, 0) is 10.8 Å². The summed E-state index contributed by atoms with van der Waals surface area (Å²) in [4.78, 5) is 0. The van der Waals surface area contributed by atoms with Crippen molar-refractivity contribution in [2.24, 2.45) is 5.41 Å².